The van der Waals surface area contributed by atoms with Crippen molar-refractivity contribution in [2.45, 2.75) is 13.0 Å². The van der Waals surface area contributed by atoms with Gasteiger partial charge in [-0.2, -0.15) is 4.52 Å². The molecule has 1 saturated heterocycles. The number of halogens is 2. The fourth-order valence-electron chi connectivity index (χ4n) is 4.12. The minimum Gasteiger partial charge on any atom is -0.492 e. The van der Waals surface area contributed by atoms with Crippen molar-refractivity contribution < 1.29 is 13.9 Å². The predicted octanol–water partition coefficient (Wildman–Crippen LogP) is 3.99. The summed E-state index contributed by atoms with van der Waals surface area (Å²) in [5, 5.41) is 15.1. The summed E-state index contributed by atoms with van der Waals surface area (Å²) >= 11 is 1.32. The first-order chi connectivity index (χ1) is 15.0. The molecule has 0 amide bonds. The minimum absolute atomic E-state index is 0.00480. The van der Waals surface area contributed by atoms with Crippen molar-refractivity contribution in [2.24, 2.45) is 0 Å². The Bertz CT molecular complexity index is 1210. The van der Waals surface area contributed by atoms with E-state index in [2.05, 4.69) is 19.9 Å². The molecule has 5 rings (SSSR count). The molecule has 1 unspecified atom stereocenters. The van der Waals surface area contributed by atoms with Gasteiger partial charge in [-0.25, -0.2) is 13.8 Å². The van der Waals surface area contributed by atoms with E-state index in [1.807, 2.05) is 0 Å². The topological polar surface area (TPSA) is 56.9 Å². The normalized spacial score (nSPS) is 16.2. The monoisotopic (exact) mass is 441 g/mol. The fourth-order valence-corrected chi connectivity index (χ4v) is 5.27. The molecular weight excluding hydrogens is 420 g/mol. The molecule has 2 aromatic heterocycles. The zero-order valence-electron chi connectivity index (χ0n) is 16.9. The predicted molar refractivity (Wildman–Crippen MR) is 116 cm³/mol. The zero-order valence-corrected chi connectivity index (χ0v) is 17.7. The number of hydrogen-bond acceptors (Lipinski definition) is 6. The smallest absolute Gasteiger partial charge is 0.230 e. The summed E-state index contributed by atoms with van der Waals surface area (Å²) in [7, 11) is 0. The van der Waals surface area contributed by atoms with Gasteiger partial charge in [0.25, 0.3) is 0 Å². The summed E-state index contributed by atoms with van der Waals surface area (Å²) in [5.41, 5.74) is 1.47. The molecule has 1 atom stereocenters. The Morgan fingerprint density at radius 2 is 1.71 bits per heavy atom. The fraction of sp³-hybridized carbons (Fsp3) is 0.273. The molecule has 3 heterocycles. The van der Waals surface area contributed by atoms with Gasteiger partial charge < -0.3 is 10.0 Å². The molecule has 1 N–H and O–H groups in total. The highest BCUT2D eigenvalue weighted by Crippen LogP contribution is 2.41. The van der Waals surface area contributed by atoms with Crippen LogP contribution in [-0.2, 0) is 0 Å². The molecule has 0 radical (unpaired) electrons. The van der Waals surface area contributed by atoms with Gasteiger partial charge in [-0.3, -0.25) is 4.90 Å². The third-order valence-electron chi connectivity index (χ3n) is 5.62. The van der Waals surface area contributed by atoms with Gasteiger partial charge in [-0.05, 0) is 37.3 Å². The Labute approximate surface area is 182 Å². The van der Waals surface area contributed by atoms with E-state index in [-0.39, 0.29) is 17.5 Å². The second-order valence-electron chi connectivity index (χ2n) is 7.57. The van der Waals surface area contributed by atoms with E-state index in [0.717, 1.165) is 5.69 Å². The maximum atomic E-state index is 14.8. The molecule has 4 aromatic rings. The minimum atomic E-state index is -0.453. The molecule has 2 aromatic carbocycles. The first kappa shape index (κ1) is 19.9. The molecule has 9 heteroatoms. The van der Waals surface area contributed by atoms with Gasteiger partial charge in [-0.1, -0.05) is 29.5 Å². The Hall–Kier alpha value is -3.04. The molecule has 0 bridgehead atoms. The summed E-state index contributed by atoms with van der Waals surface area (Å²) in [6.07, 6.45) is 0. The van der Waals surface area contributed by atoms with Crippen LogP contribution in [-0.4, -0.2) is 50.8 Å². The van der Waals surface area contributed by atoms with E-state index in [0.29, 0.717) is 47.4 Å². The summed E-state index contributed by atoms with van der Waals surface area (Å²) in [6.45, 7) is 4.49. The Balaban J connectivity index is 1.48. The number of aryl methyl sites for hydroxylation is 1. The third kappa shape index (κ3) is 3.64. The maximum Gasteiger partial charge on any atom is 0.230 e. The quantitative estimate of drug-likeness (QED) is 0.519. The lowest BCUT2D eigenvalue weighted by atomic mass is 10.0. The van der Waals surface area contributed by atoms with Crippen molar-refractivity contribution in [2.75, 3.05) is 31.1 Å². The van der Waals surface area contributed by atoms with Crippen molar-refractivity contribution in [1.82, 2.24) is 19.5 Å². The molecule has 1 aliphatic rings. The number of rotatable bonds is 4. The van der Waals surface area contributed by atoms with Gasteiger partial charge >= 0.3 is 0 Å². The second kappa shape index (κ2) is 7.90. The summed E-state index contributed by atoms with van der Waals surface area (Å²) in [5.74, 6) is -0.00894. The van der Waals surface area contributed by atoms with Crippen molar-refractivity contribution >= 4 is 22.0 Å². The van der Waals surface area contributed by atoms with Crippen molar-refractivity contribution in [1.29, 1.82) is 0 Å². The average molecular weight is 442 g/mol. The highest BCUT2D eigenvalue weighted by atomic mass is 32.1. The number of anilines is 1. The molecule has 0 spiro atoms. The van der Waals surface area contributed by atoms with E-state index >= 15 is 0 Å². The van der Waals surface area contributed by atoms with Crippen molar-refractivity contribution in [3.05, 3.63) is 76.4 Å². The molecule has 0 saturated carbocycles. The van der Waals surface area contributed by atoms with Crippen LogP contribution in [0.2, 0.25) is 0 Å². The maximum absolute atomic E-state index is 14.8. The first-order valence-corrected chi connectivity index (χ1v) is 10.9. The number of thiazole rings is 1. The lowest BCUT2D eigenvalue weighted by molar-refractivity contribution is 0.208. The number of aromatic hydroxyl groups is 1. The third-order valence-corrected chi connectivity index (χ3v) is 6.70. The number of fused-ring (bicyclic) bond motifs is 1. The average Bonchev–Trinajstić information content (AvgIpc) is 3.28. The zero-order chi connectivity index (χ0) is 21.5. The Morgan fingerprint density at radius 1 is 1.00 bits per heavy atom. The first-order valence-electron chi connectivity index (χ1n) is 10.1. The van der Waals surface area contributed by atoms with E-state index in [1.165, 1.54) is 34.1 Å². The van der Waals surface area contributed by atoms with Crippen LogP contribution in [0.25, 0.3) is 4.96 Å². The van der Waals surface area contributed by atoms with Gasteiger partial charge in [0.2, 0.25) is 10.8 Å². The molecule has 0 aliphatic carbocycles. The molecular formula is C22H21F2N5OS. The lowest BCUT2D eigenvalue weighted by Crippen LogP contribution is -2.48. The van der Waals surface area contributed by atoms with Crippen LogP contribution in [0.4, 0.5) is 14.5 Å². The van der Waals surface area contributed by atoms with Crippen LogP contribution >= 0.6 is 11.3 Å². The number of benzene rings is 2. The number of nitrogens with zero attached hydrogens (tertiary/aromatic N) is 5. The number of aromatic nitrogens is 3. The van der Waals surface area contributed by atoms with E-state index in [1.54, 1.807) is 37.3 Å². The largest absolute Gasteiger partial charge is 0.492 e. The van der Waals surface area contributed by atoms with Gasteiger partial charge in [0, 0.05) is 37.4 Å². The van der Waals surface area contributed by atoms with Crippen molar-refractivity contribution in [3.63, 3.8) is 0 Å². The summed E-state index contributed by atoms with van der Waals surface area (Å²) < 4.78 is 29.5. The van der Waals surface area contributed by atoms with Gasteiger partial charge in [0.15, 0.2) is 0 Å². The van der Waals surface area contributed by atoms with Crippen LogP contribution < -0.4 is 4.90 Å². The SMILES string of the molecule is Cc1nc2sc(C(c3ccccc3F)N3CCN(c4ccc(F)cc4)CC3)c(O)n2n1. The van der Waals surface area contributed by atoms with E-state index in [4.69, 9.17) is 0 Å². The Morgan fingerprint density at radius 3 is 2.39 bits per heavy atom. The molecule has 160 valence electrons. The van der Waals surface area contributed by atoms with Gasteiger partial charge in [0.1, 0.15) is 17.5 Å². The van der Waals surface area contributed by atoms with Crippen LogP contribution in [0.1, 0.15) is 22.3 Å². The van der Waals surface area contributed by atoms with Crippen LogP contribution in [0, 0.1) is 18.6 Å². The second-order valence-corrected chi connectivity index (χ2v) is 8.58. The molecule has 6 nitrogen and oxygen atoms in total. The lowest BCUT2D eigenvalue weighted by Gasteiger charge is -2.40. The summed E-state index contributed by atoms with van der Waals surface area (Å²) in [4.78, 5) is 9.90. The van der Waals surface area contributed by atoms with Crippen LogP contribution in [0.3, 0.4) is 0 Å². The standard InChI is InChI=1S/C22H21F2N5OS/c1-14-25-22-29(26-14)21(30)20(31-22)19(17-4-2-3-5-18(17)24)28-12-10-27(11-13-28)16-8-6-15(23)7-9-16/h2-9,19,30H,10-13H2,1H3. The van der Waals surface area contributed by atoms with E-state index < -0.39 is 6.04 Å². The highest BCUT2D eigenvalue weighted by Gasteiger charge is 2.33. The Kier molecular flexibility index (Phi) is 5.07. The van der Waals surface area contributed by atoms with Gasteiger partial charge in [0.05, 0.1) is 10.9 Å². The van der Waals surface area contributed by atoms with Crippen molar-refractivity contribution in [3.8, 4) is 5.88 Å². The van der Waals surface area contributed by atoms with E-state index in [9.17, 15) is 13.9 Å². The number of piperazine rings is 1. The highest BCUT2D eigenvalue weighted by molar-refractivity contribution is 7.17. The van der Waals surface area contributed by atoms with Gasteiger partial charge in [-0.15, -0.1) is 5.10 Å². The number of hydrogen-bond donors (Lipinski definition) is 1. The van der Waals surface area contributed by atoms with Crippen LogP contribution in [0.15, 0.2) is 48.5 Å². The molecule has 1 fully saturated rings. The van der Waals surface area contributed by atoms with Crippen LogP contribution in [0.5, 0.6) is 5.88 Å². The molecule has 31 heavy (non-hydrogen) atoms. The molecule has 1 aliphatic heterocycles. The summed E-state index contributed by atoms with van der Waals surface area (Å²) in [6, 6.07) is 12.7.